The molecule has 3 aliphatic rings. The highest BCUT2D eigenvalue weighted by molar-refractivity contribution is 7.12. The third kappa shape index (κ3) is 3.98. The van der Waals surface area contributed by atoms with Crippen LogP contribution < -0.4 is 14.4 Å². The molecule has 6 rings (SSSR count). The first-order valence-electron chi connectivity index (χ1n) is 12.2. The van der Waals surface area contributed by atoms with Crippen molar-refractivity contribution < 1.29 is 14.2 Å². The maximum Gasteiger partial charge on any atom is 0.123 e. The number of hydrogen-bond donors (Lipinski definition) is 0. The Bertz CT molecular complexity index is 1170. The van der Waals surface area contributed by atoms with Crippen LogP contribution in [0.25, 0.3) is 0 Å². The zero-order chi connectivity index (χ0) is 23.1. The van der Waals surface area contributed by atoms with E-state index in [1.807, 2.05) is 17.4 Å². The summed E-state index contributed by atoms with van der Waals surface area (Å²) >= 11 is 2.01. The highest BCUT2D eigenvalue weighted by Gasteiger charge is 2.35. The fourth-order valence-electron chi connectivity index (χ4n) is 5.76. The topological polar surface area (TPSA) is 34.2 Å². The Labute approximate surface area is 205 Å². The molecule has 1 unspecified atom stereocenters. The summed E-state index contributed by atoms with van der Waals surface area (Å²) in [5.41, 5.74) is 6.80. The molecule has 3 aromatic rings. The quantitative estimate of drug-likeness (QED) is 0.526. The van der Waals surface area contributed by atoms with Crippen molar-refractivity contribution in [2.24, 2.45) is 0 Å². The summed E-state index contributed by atoms with van der Waals surface area (Å²) in [5, 5.41) is 0. The minimum Gasteiger partial charge on any atom is -0.496 e. The number of rotatable bonds is 5. The van der Waals surface area contributed by atoms with Crippen LogP contribution in [0.5, 0.6) is 11.5 Å². The predicted octanol–water partition coefficient (Wildman–Crippen LogP) is 4.85. The van der Waals surface area contributed by atoms with Gasteiger partial charge in [0, 0.05) is 65.2 Å². The molecule has 0 radical (unpaired) electrons. The lowest BCUT2D eigenvalue weighted by atomic mass is 9.86. The van der Waals surface area contributed by atoms with Gasteiger partial charge in [0.2, 0.25) is 0 Å². The van der Waals surface area contributed by atoms with E-state index in [1.165, 1.54) is 32.8 Å². The summed E-state index contributed by atoms with van der Waals surface area (Å²) in [6.45, 7) is 5.64. The second-order valence-electron chi connectivity index (χ2n) is 9.40. The van der Waals surface area contributed by atoms with Crippen LogP contribution in [0.1, 0.15) is 38.0 Å². The third-order valence-corrected chi connectivity index (χ3v) is 8.76. The van der Waals surface area contributed by atoms with Gasteiger partial charge in [-0.1, -0.05) is 12.1 Å². The zero-order valence-electron chi connectivity index (χ0n) is 20.0. The molecule has 3 aliphatic heterocycles. The van der Waals surface area contributed by atoms with Crippen LogP contribution in [0.4, 0.5) is 5.69 Å². The standard InChI is InChI=1S/C28H32N2O3S/c1-31-26-7-8-27(32-2)24-18-30-10-9-28-23(25(30)17-22(24)26)16-21(34-28)15-19-3-5-20(6-4-19)29-11-13-33-14-12-29/h3-8,16,25H,9-15,17-18H2,1-2H3. The smallest absolute Gasteiger partial charge is 0.123 e. The number of morpholine rings is 1. The largest absolute Gasteiger partial charge is 0.496 e. The molecule has 0 saturated carbocycles. The number of hydrogen-bond acceptors (Lipinski definition) is 6. The molecule has 0 amide bonds. The van der Waals surface area contributed by atoms with E-state index in [4.69, 9.17) is 14.2 Å². The molecule has 0 N–H and O–H groups in total. The van der Waals surface area contributed by atoms with Gasteiger partial charge >= 0.3 is 0 Å². The molecule has 178 valence electrons. The van der Waals surface area contributed by atoms with Crippen molar-refractivity contribution in [3.05, 3.63) is 74.5 Å². The fourth-order valence-corrected chi connectivity index (χ4v) is 7.01. The van der Waals surface area contributed by atoms with Gasteiger partial charge in [-0.15, -0.1) is 11.3 Å². The SMILES string of the molecule is COc1ccc(OC)c2c1CC1c3cc(Cc4ccc(N5CCOCC5)cc4)sc3CCN1C2. The van der Waals surface area contributed by atoms with Gasteiger partial charge in [-0.25, -0.2) is 0 Å². The van der Waals surface area contributed by atoms with Crippen molar-refractivity contribution in [2.45, 2.75) is 31.8 Å². The first-order chi connectivity index (χ1) is 16.7. The van der Waals surface area contributed by atoms with Crippen LogP contribution in [0.15, 0.2) is 42.5 Å². The van der Waals surface area contributed by atoms with Crippen LogP contribution in [0.2, 0.25) is 0 Å². The normalized spacial score (nSPS) is 19.8. The van der Waals surface area contributed by atoms with Crippen LogP contribution in [-0.4, -0.2) is 52.0 Å². The Morgan fingerprint density at radius 3 is 2.41 bits per heavy atom. The molecule has 2 aromatic carbocycles. The Hall–Kier alpha value is -2.54. The van der Waals surface area contributed by atoms with Crippen molar-refractivity contribution in [3.8, 4) is 11.5 Å². The average Bonchev–Trinajstić information content (AvgIpc) is 3.31. The summed E-state index contributed by atoms with van der Waals surface area (Å²) in [4.78, 5) is 8.07. The van der Waals surface area contributed by atoms with E-state index in [0.717, 1.165) is 70.2 Å². The van der Waals surface area contributed by atoms with Gasteiger partial charge in [-0.2, -0.15) is 0 Å². The van der Waals surface area contributed by atoms with Gasteiger partial charge in [-0.05, 0) is 54.3 Å². The fraction of sp³-hybridized carbons (Fsp3) is 0.429. The number of benzene rings is 2. The van der Waals surface area contributed by atoms with Crippen molar-refractivity contribution in [2.75, 3.05) is 52.0 Å². The molecule has 1 fully saturated rings. The number of ether oxygens (including phenoxy) is 3. The molecule has 4 heterocycles. The van der Waals surface area contributed by atoms with E-state index >= 15 is 0 Å². The van der Waals surface area contributed by atoms with E-state index in [0.29, 0.717) is 6.04 Å². The van der Waals surface area contributed by atoms with Crippen molar-refractivity contribution in [3.63, 3.8) is 0 Å². The van der Waals surface area contributed by atoms with Crippen molar-refractivity contribution >= 4 is 17.0 Å². The molecule has 34 heavy (non-hydrogen) atoms. The van der Waals surface area contributed by atoms with Gasteiger partial charge in [0.1, 0.15) is 11.5 Å². The molecular weight excluding hydrogens is 444 g/mol. The van der Waals surface area contributed by atoms with Crippen LogP contribution in [0, 0.1) is 0 Å². The number of fused-ring (bicyclic) bond motifs is 4. The van der Waals surface area contributed by atoms with Gasteiger partial charge in [-0.3, -0.25) is 4.90 Å². The van der Waals surface area contributed by atoms with Crippen LogP contribution in [-0.2, 0) is 30.5 Å². The molecule has 1 atom stereocenters. The Morgan fingerprint density at radius 2 is 1.68 bits per heavy atom. The molecule has 6 heteroatoms. The zero-order valence-corrected chi connectivity index (χ0v) is 20.8. The Balaban J connectivity index is 1.23. The Kier molecular flexibility index (Phi) is 5.97. The van der Waals surface area contributed by atoms with Crippen LogP contribution in [0.3, 0.4) is 0 Å². The molecule has 0 aliphatic carbocycles. The molecular formula is C28H32N2O3S. The summed E-state index contributed by atoms with van der Waals surface area (Å²) in [6, 6.07) is 16.1. The third-order valence-electron chi connectivity index (χ3n) is 7.55. The molecule has 5 nitrogen and oxygen atoms in total. The number of nitrogens with zero attached hydrogens (tertiary/aromatic N) is 2. The minimum absolute atomic E-state index is 0.422. The first kappa shape index (κ1) is 22.0. The monoisotopic (exact) mass is 476 g/mol. The summed E-state index contributed by atoms with van der Waals surface area (Å²) in [5.74, 6) is 1.96. The molecule has 1 aromatic heterocycles. The summed E-state index contributed by atoms with van der Waals surface area (Å²) < 4.78 is 16.9. The van der Waals surface area contributed by atoms with Gasteiger partial charge in [0.15, 0.2) is 0 Å². The molecule has 1 saturated heterocycles. The number of anilines is 1. The highest BCUT2D eigenvalue weighted by Crippen LogP contribution is 2.45. The lowest BCUT2D eigenvalue weighted by molar-refractivity contribution is 0.122. The lowest BCUT2D eigenvalue weighted by Gasteiger charge is -2.41. The predicted molar refractivity (Wildman–Crippen MR) is 137 cm³/mol. The minimum atomic E-state index is 0.422. The summed E-state index contributed by atoms with van der Waals surface area (Å²) in [7, 11) is 3.54. The van der Waals surface area contributed by atoms with E-state index in [-0.39, 0.29) is 0 Å². The van der Waals surface area contributed by atoms with Gasteiger partial charge in [0.25, 0.3) is 0 Å². The average molecular weight is 477 g/mol. The highest BCUT2D eigenvalue weighted by atomic mass is 32.1. The maximum atomic E-state index is 5.74. The van der Waals surface area contributed by atoms with E-state index < -0.39 is 0 Å². The van der Waals surface area contributed by atoms with E-state index in [1.54, 1.807) is 19.1 Å². The van der Waals surface area contributed by atoms with Crippen molar-refractivity contribution in [1.82, 2.24) is 4.90 Å². The first-order valence-corrected chi connectivity index (χ1v) is 13.0. The van der Waals surface area contributed by atoms with Gasteiger partial charge in [0.05, 0.1) is 27.4 Å². The Morgan fingerprint density at radius 1 is 0.941 bits per heavy atom. The van der Waals surface area contributed by atoms with Crippen molar-refractivity contribution in [1.29, 1.82) is 0 Å². The number of methoxy groups -OCH3 is 2. The lowest BCUT2D eigenvalue weighted by Crippen LogP contribution is -2.39. The molecule has 0 spiro atoms. The van der Waals surface area contributed by atoms with Crippen LogP contribution >= 0.6 is 11.3 Å². The maximum absolute atomic E-state index is 5.74. The second-order valence-corrected chi connectivity index (χ2v) is 10.6. The van der Waals surface area contributed by atoms with E-state index in [9.17, 15) is 0 Å². The molecule has 0 bridgehead atoms. The summed E-state index contributed by atoms with van der Waals surface area (Å²) in [6.07, 6.45) is 3.11. The van der Waals surface area contributed by atoms with E-state index in [2.05, 4.69) is 46.2 Å². The van der Waals surface area contributed by atoms with Gasteiger partial charge < -0.3 is 19.1 Å². The number of thiophene rings is 1. The second kappa shape index (κ2) is 9.25.